The van der Waals surface area contributed by atoms with Crippen LogP contribution < -0.4 is 0 Å². The largest absolute Gasteiger partial charge is 0.202 e. The molecular weight excluding hydrogens is 250 g/mol. The van der Waals surface area contributed by atoms with Crippen molar-refractivity contribution in [1.82, 2.24) is 14.8 Å². The second kappa shape index (κ2) is 2.52. The van der Waals surface area contributed by atoms with E-state index in [1.165, 1.54) is 4.70 Å². The third-order valence-electron chi connectivity index (χ3n) is 1.88. The van der Waals surface area contributed by atoms with Gasteiger partial charge in [-0.15, -0.1) is 16.4 Å². The highest BCUT2D eigenvalue weighted by molar-refractivity contribution is 9.10. The van der Waals surface area contributed by atoms with E-state index in [0.717, 1.165) is 14.8 Å². The molecule has 2 aromatic heterocycles. The quantitative estimate of drug-likeness (QED) is 0.617. The van der Waals surface area contributed by atoms with Crippen molar-refractivity contribution in [3.8, 4) is 0 Å². The predicted octanol–water partition coefficient (Wildman–Crippen LogP) is 2.71. The Kier molecular flexibility index (Phi) is 1.45. The summed E-state index contributed by atoms with van der Waals surface area (Å²) in [6.07, 6.45) is 1.78. The summed E-state index contributed by atoms with van der Waals surface area (Å²) < 4.78 is 4.15. The molecule has 0 N–H and O–H groups in total. The van der Waals surface area contributed by atoms with Crippen molar-refractivity contribution in [1.29, 1.82) is 0 Å². The Morgan fingerprint density at radius 2 is 2.31 bits per heavy atom. The van der Waals surface area contributed by atoms with Crippen molar-refractivity contribution in [3.05, 3.63) is 28.9 Å². The van der Waals surface area contributed by atoms with E-state index in [0.29, 0.717) is 0 Å². The number of hydrogen-bond acceptors (Lipinski definition) is 3. The highest BCUT2D eigenvalue weighted by Gasteiger charge is 2.05. The fraction of sp³-hybridized carbons (Fsp3) is 0. The number of benzene rings is 1. The van der Waals surface area contributed by atoms with E-state index in [4.69, 9.17) is 0 Å². The Morgan fingerprint density at radius 1 is 1.38 bits per heavy atom. The molecule has 3 aromatic rings. The lowest BCUT2D eigenvalue weighted by Crippen LogP contribution is -1.82. The van der Waals surface area contributed by atoms with Crippen molar-refractivity contribution in [2.75, 3.05) is 0 Å². The van der Waals surface area contributed by atoms with Crippen LogP contribution in [0.15, 0.2) is 28.9 Å². The second-order valence-corrected chi connectivity index (χ2v) is 4.68. The van der Waals surface area contributed by atoms with E-state index >= 15 is 0 Å². The van der Waals surface area contributed by atoms with Crippen LogP contribution in [0.25, 0.3) is 15.0 Å². The third-order valence-corrected chi connectivity index (χ3v) is 3.43. The van der Waals surface area contributed by atoms with E-state index in [-0.39, 0.29) is 0 Å². The van der Waals surface area contributed by atoms with Gasteiger partial charge in [0.1, 0.15) is 4.83 Å². The van der Waals surface area contributed by atoms with Gasteiger partial charge in [-0.1, -0.05) is 21.1 Å². The zero-order valence-electron chi connectivity index (χ0n) is 6.44. The summed E-state index contributed by atoms with van der Waals surface area (Å²) in [7, 11) is 0. The minimum absolute atomic E-state index is 1.07. The number of aromatic nitrogens is 3. The molecule has 2 heterocycles. The number of thiazole rings is 1. The van der Waals surface area contributed by atoms with Crippen LogP contribution in [0.3, 0.4) is 0 Å². The molecule has 13 heavy (non-hydrogen) atoms. The molecule has 0 aliphatic carbocycles. The molecule has 0 aliphatic heterocycles. The van der Waals surface area contributed by atoms with Crippen LogP contribution in [-0.4, -0.2) is 14.8 Å². The minimum atomic E-state index is 1.07. The molecule has 3 nitrogen and oxygen atoms in total. The van der Waals surface area contributed by atoms with Crippen LogP contribution in [0.4, 0.5) is 0 Å². The maximum Gasteiger partial charge on any atom is 0.140 e. The molecule has 0 amide bonds. The topological polar surface area (TPSA) is 30.2 Å². The Morgan fingerprint density at radius 3 is 3.23 bits per heavy atom. The van der Waals surface area contributed by atoms with Gasteiger partial charge in [-0.2, -0.15) is 0 Å². The molecule has 0 radical (unpaired) electrons. The number of nitrogens with zero attached hydrogens (tertiary/aromatic N) is 3. The SMILES string of the molecule is Brc1ccc2sc3cnnn3c2c1. The van der Waals surface area contributed by atoms with Gasteiger partial charge in [-0.25, -0.2) is 4.52 Å². The van der Waals surface area contributed by atoms with E-state index < -0.39 is 0 Å². The highest BCUT2D eigenvalue weighted by atomic mass is 79.9. The highest BCUT2D eigenvalue weighted by Crippen LogP contribution is 2.27. The fourth-order valence-corrected chi connectivity index (χ4v) is 2.60. The van der Waals surface area contributed by atoms with Crippen molar-refractivity contribution >= 4 is 42.3 Å². The molecule has 64 valence electrons. The Labute approximate surface area is 86.1 Å². The summed E-state index contributed by atoms with van der Waals surface area (Å²) in [4.78, 5) is 1.08. The van der Waals surface area contributed by atoms with E-state index in [1.807, 2.05) is 16.6 Å². The lowest BCUT2D eigenvalue weighted by Gasteiger charge is -1.90. The van der Waals surface area contributed by atoms with Gasteiger partial charge in [0.15, 0.2) is 0 Å². The van der Waals surface area contributed by atoms with E-state index in [1.54, 1.807) is 17.5 Å². The van der Waals surface area contributed by atoms with Crippen molar-refractivity contribution < 1.29 is 0 Å². The molecule has 0 saturated heterocycles. The number of hydrogen-bond donors (Lipinski definition) is 0. The summed E-state index contributed by atoms with van der Waals surface area (Å²) in [5.41, 5.74) is 1.10. The summed E-state index contributed by atoms with van der Waals surface area (Å²) in [5.74, 6) is 0. The molecule has 1 aromatic carbocycles. The van der Waals surface area contributed by atoms with E-state index in [2.05, 4.69) is 32.3 Å². The molecule has 0 atom stereocenters. The van der Waals surface area contributed by atoms with Gasteiger partial charge >= 0.3 is 0 Å². The Hall–Kier alpha value is -0.940. The maximum atomic E-state index is 4.00. The van der Waals surface area contributed by atoms with Crippen LogP contribution >= 0.6 is 27.3 Å². The van der Waals surface area contributed by atoms with Gasteiger partial charge < -0.3 is 0 Å². The predicted molar refractivity (Wildman–Crippen MR) is 56.1 cm³/mol. The van der Waals surface area contributed by atoms with Gasteiger partial charge in [0.2, 0.25) is 0 Å². The minimum Gasteiger partial charge on any atom is -0.202 e. The van der Waals surface area contributed by atoms with Crippen LogP contribution in [0.5, 0.6) is 0 Å². The van der Waals surface area contributed by atoms with Crippen LogP contribution in [0, 0.1) is 0 Å². The molecule has 0 aliphatic rings. The second-order valence-electron chi connectivity index (χ2n) is 2.70. The molecular formula is C8H4BrN3S. The molecule has 3 rings (SSSR count). The number of halogens is 1. The zero-order chi connectivity index (χ0) is 8.84. The molecule has 0 saturated carbocycles. The van der Waals surface area contributed by atoms with Gasteiger partial charge in [-0.3, -0.25) is 0 Å². The normalized spacial score (nSPS) is 11.5. The van der Waals surface area contributed by atoms with E-state index in [9.17, 15) is 0 Å². The van der Waals surface area contributed by atoms with Crippen molar-refractivity contribution in [3.63, 3.8) is 0 Å². The Balaban J connectivity index is 2.61. The summed E-state index contributed by atoms with van der Waals surface area (Å²) in [6.45, 7) is 0. The standard InChI is InChI=1S/C8H4BrN3S/c9-5-1-2-7-6(3-5)12-8(13-7)4-10-11-12/h1-4H. The summed E-state index contributed by atoms with van der Waals surface area (Å²) in [5, 5.41) is 7.85. The first-order valence-electron chi connectivity index (χ1n) is 3.73. The average Bonchev–Trinajstić information content (AvgIpc) is 2.64. The van der Waals surface area contributed by atoms with Gasteiger partial charge in [0, 0.05) is 4.47 Å². The van der Waals surface area contributed by atoms with Crippen LogP contribution in [0.1, 0.15) is 0 Å². The van der Waals surface area contributed by atoms with Crippen molar-refractivity contribution in [2.24, 2.45) is 0 Å². The monoisotopic (exact) mass is 253 g/mol. The van der Waals surface area contributed by atoms with Gasteiger partial charge in [-0.05, 0) is 18.2 Å². The molecule has 5 heteroatoms. The van der Waals surface area contributed by atoms with Crippen LogP contribution in [0.2, 0.25) is 0 Å². The average molecular weight is 254 g/mol. The first-order valence-corrected chi connectivity index (χ1v) is 5.34. The summed E-state index contributed by atoms with van der Waals surface area (Å²) >= 11 is 5.13. The molecule has 0 bridgehead atoms. The molecule has 0 unspecified atom stereocenters. The zero-order valence-corrected chi connectivity index (χ0v) is 8.84. The Bertz CT molecular complexity index is 583. The lowest BCUT2D eigenvalue weighted by molar-refractivity contribution is 0.887. The lowest BCUT2D eigenvalue weighted by atomic mass is 10.3. The van der Waals surface area contributed by atoms with Gasteiger partial charge in [0.25, 0.3) is 0 Å². The van der Waals surface area contributed by atoms with Crippen molar-refractivity contribution in [2.45, 2.75) is 0 Å². The maximum absolute atomic E-state index is 4.00. The summed E-state index contributed by atoms with van der Waals surface area (Å²) in [6, 6.07) is 6.16. The number of fused-ring (bicyclic) bond motifs is 3. The molecule has 0 spiro atoms. The van der Waals surface area contributed by atoms with Gasteiger partial charge in [0.05, 0.1) is 16.4 Å². The smallest absolute Gasteiger partial charge is 0.140 e. The number of rotatable bonds is 0. The first kappa shape index (κ1) is 7.46. The van der Waals surface area contributed by atoms with Crippen LogP contribution in [-0.2, 0) is 0 Å². The fourth-order valence-electron chi connectivity index (χ4n) is 1.32. The third kappa shape index (κ3) is 1.00. The first-order chi connectivity index (χ1) is 6.34. The molecule has 0 fully saturated rings.